The number of fused-ring (bicyclic) bond motifs is 1. The average molecular weight is 338 g/mol. The molecule has 1 atom stereocenters. The number of carbonyl (C=O) groups excluding carboxylic acids is 1. The molecule has 0 spiro atoms. The Bertz CT molecular complexity index is 771. The molecular weight excluding hydrogens is 316 g/mol. The van der Waals surface area contributed by atoms with E-state index in [2.05, 4.69) is 15.3 Å². The van der Waals surface area contributed by atoms with Crippen LogP contribution in [0.25, 0.3) is 0 Å². The van der Waals surface area contributed by atoms with Crippen LogP contribution >= 0.6 is 0 Å². The number of amides is 1. The van der Waals surface area contributed by atoms with Crippen LogP contribution in [0.15, 0.2) is 53.7 Å². The lowest BCUT2D eigenvalue weighted by molar-refractivity contribution is 0.0189. The van der Waals surface area contributed by atoms with Gasteiger partial charge in [0, 0.05) is 5.56 Å². The standard InChI is InChI=1S/C20H22N2O3/c1-25-22-13-15-8-10-17(11-9-15)19(23)21-14-20(24)12-4-6-16-5-2-3-7-18(16)20/h2-3,5,7-11,13,24H,4,6,12,14H2,1H3,(H,21,23). The molecule has 25 heavy (non-hydrogen) atoms. The maximum Gasteiger partial charge on any atom is 0.251 e. The van der Waals surface area contributed by atoms with E-state index in [1.165, 1.54) is 7.11 Å². The average Bonchev–Trinajstić information content (AvgIpc) is 2.65. The molecule has 1 aliphatic carbocycles. The Kier molecular flexibility index (Phi) is 5.14. The van der Waals surface area contributed by atoms with Crippen molar-refractivity contribution in [2.24, 2.45) is 5.16 Å². The fourth-order valence-corrected chi connectivity index (χ4v) is 3.24. The maximum absolute atomic E-state index is 12.4. The Hall–Kier alpha value is -2.66. The van der Waals surface area contributed by atoms with Crippen LogP contribution in [0.3, 0.4) is 0 Å². The van der Waals surface area contributed by atoms with E-state index in [9.17, 15) is 9.90 Å². The minimum absolute atomic E-state index is 0.202. The Morgan fingerprint density at radius 3 is 2.80 bits per heavy atom. The van der Waals surface area contributed by atoms with Crippen molar-refractivity contribution in [3.05, 3.63) is 70.8 Å². The van der Waals surface area contributed by atoms with E-state index in [-0.39, 0.29) is 12.5 Å². The number of nitrogens with zero attached hydrogens (tertiary/aromatic N) is 1. The highest BCUT2D eigenvalue weighted by Gasteiger charge is 2.34. The summed E-state index contributed by atoms with van der Waals surface area (Å²) >= 11 is 0. The van der Waals surface area contributed by atoms with E-state index in [1.54, 1.807) is 30.5 Å². The second-order valence-electron chi connectivity index (χ2n) is 6.26. The summed E-state index contributed by atoms with van der Waals surface area (Å²) in [5.41, 5.74) is 2.47. The van der Waals surface area contributed by atoms with E-state index in [4.69, 9.17) is 0 Å². The van der Waals surface area contributed by atoms with Crippen molar-refractivity contribution in [1.29, 1.82) is 0 Å². The Balaban J connectivity index is 1.67. The first-order chi connectivity index (χ1) is 12.1. The summed E-state index contributed by atoms with van der Waals surface area (Å²) in [5.74, 6) is -0.202. The molecule has 0 saturated carbocycles. The van der Waals surface area contributed by atoms with Crippen LogP contribution < -0.4 is 5.32 Å². The molecule has 0 saturated heterocycles. The van der Waals surface area contributed by atoms with Crippen molar-refractivity contribution in [3.63, 3.8) is 0 Å². The van der Waals surface area contributed by atoms with Gasteiger partial charge in [0.1, 0.15) is 12.7 Å². The number of hydrogen-bond acceptors (Lipinski definition) is 4. The topological polar surface area (TPSA) is 70.9 Å². The van der Waals surface area contributed by atoms with E-state index in [0.717, 1.165) is 29.5 Å². The molecule has 5 nitrogen and oxygen atoms in total. The zero-order valence-corrected chi connectivity index (χ0v) is 14.2. The van der Waals surface area contributed by atoms with E-state index in [1.807, 2.05) is 24.3 Å². The summed E-state index contributed by atoms with van der Waals surface area (Å²) in [4.78, 5) is 17.0. The number of aryl methyl sites for hydroxylation is 1. The second-order valence-corrected chi connectivity index (χ2v) is 6.26. The van der Waals surface area contributed by atoms with Gasteiger partial charge in [-0.15, -0.1) is 0 Å². The monoisotopic (exact) mass is 338 g/mol. The van der Waals surface area contributed by atoms with Gasteiger partial charge in [-0.25, -0.2) is 0 Å². The van der Waals surface area contributed by atoms with Crippen molar-refractivity contribution < 1.29 is 14.7 Å². The van der Waals surface area contributed by atoms with Gasteiger partial charge in [0.2, 0.25) is 0 Å². The van der Waals surface area contributed by atoms with Gasteiger partial charge in [0.15, 0.2) is 0 Å². The third-order valence-corrected chi connectivity index (χ3v) is 4.58. The molecular formula is C20H22N2O3. The quantitative estimate of drug-likeness (QED) is 0.650. The van der Waals surface area contributed by atoms with Gasteiger partial charge in [-0.2, -0.15) is 0 Å². The van der Waals surface area contributed by atoms with E-state index < -0.39 is 5.60 Å². The summed E-state index contributed by atoms with van der Waals surface area (Å²) in [7, 11) is 1.48. The summed E-state index contributed by atoms with van der Waals surface area (Å²) in [6.07, 6.45) is 4.11. The summed E-state index contributed by atoms with van der Waals surface area (Å²) in [6.45, 7) is 0.204. The van der Waals surface area contributed by atoms with Crippen LogP contribution in [0.4, 0.5) is 0 Å². The predicted molar refractivity (Wildman–Crippen MR) is 96.7 cm³/mol. The fourth-order valence-electron chi connectivity index (χ4n) is 3.24. The highest BCUT2D eigenvalue weighted by Crippen LogP contribution is 2.34. The number of oxime groups is 1. The van der Waals surface area contributed by atoms with Crippen LogP contribution in [-0.4, -0.2) is 30.9 Å². The number of carbonyl (C=O) groups is 1. The third-order valence-electron chi connectivity index (χ3n) is 4.58. The molecule has 3 rings (SSSR count). The van der Waals surface area contributed by atoms with Gasteiger partial charge in [0.05, 0.1) is 12.8 Å². The van der Waals surface area contributed by atoms with Crippen LogP contribution in [0.1, 0.15) is 39.9 Å². The van der Waals surface area contributed by atoms with Gasteiger partial charge in [-0.1, -0.05) is 41.6 Å². The zero-order valence-electron chi connectivity index (χ0n) is 14.2. The molecule has 0 bridgehead atoms. The lowest BCUT2D eigenvalue weighted by atomic mass is 9.79. The van der Waals surface area contributed by atoms with Gasteiger partial charge < -0.3 is 15.3 Å². The van der Waals surface area contributed by atoms with Crippen molar-refractivity contribution in [2.45, 2.75) is 24.9 Å². The van der Waals surface area contributed by atoms with Gasteiger partial charge in [-0.05, 0) is 48.1 Å². The molecule has 0 aliphatic heterocycles. The molecule has 0 fully saturated rings. The van der Waals surface area contributed by atoms with E-state index in [0.29, 0.717) is 12.0 Å². The Labute approximate surface area is 147 Å². The van der Waals surface area contributed by atoms with Crippen molar-refractivity contribution in [2.75, 3.05) is 13.7 Å². The minimum atomic E-state index is -1.00. The molecule has 130 valence electrons. The lowest BCUT2D eigenvalue weighted by Gasteiger charge is -2.34. The van der Waals surface area contributed by atoms with Crippen LogP contribution in [0, 0.1) is 0 Å². The Morgan fingerprint density at radius 2 is 2.04 bits per heavy atom. The van der Waals surface area contributed by atoms with Crippen LogP contribution in [0.5, 0.6) is 0 Å². The zero-order chi connectivity index (χ0) is 17.7. The molecule has 5 heteroatoms. The summed E-state index contributed by atoms with van der Waals surface area (Å²) < 4.78 is 0. The SMILES string of the molecule is CON=Cc1ccc(C(=O)NCC2(O)CCCc3ccccc32)cc1. The molecule has 1 aliphatic rings. The molecule has 0 radical (unpaired) electrons. The van der Waals surface area contributed by atoms with Crippen molar-refractivity contribution in [3.8, 4) is 0 Å². The second kappa shape index (κ2) is 7.49. The molecule has 0 aromatic heterocycles. The number of hydrogen-bond donors (Lipinski definition) is 2. The molecule has 1 amide bonds. The number of benzene rings is 2. The number of rotatable bonds is 5. The number of nitrogens with one attached hydrogen (secondary N) is 1. The van der Waals surface area contributed by atoms with E-state index >= 15 is 0 Å². The largest absolute Gasteiger partial charge is 0.399 e. The molecule has 1 unspecified atom stereocenters. The first-order valence-corrected chi connectivity index (χ1v) is 8.38. The van der Waals surface area contributed by atoms with Crippen molar-refractivity contribution >= 4 is 12.1 Å². The first-order valence-electron chi connectivity index (χ1n) is 8.38. The van der Waals surface area contributed by atoms with Gasteiger partial charge in [0.25, 0.3) is 5.91 Å². The lowest BCUT2D eigenvalue weighted by Crippen LogP contribution is -2.43. The molecule has 2 aromatic carbocycles. The first kappa shape index (κ1) is 17.2. The number of aliphatic hydroxyl groups is 1. The normalized spacial score (nSPS) is 19.4. The third kappa shape index (κ3) is 3.88. The fraction of sp³-hybridized carbons (Fsp3) is 0.300. The summed E-state index contributed by atoms with van der Waals surface area (Å²) in [6, 6.07) is 14.9. The summed E-state index contributed by atoms with van der Waals surface area (Å²) in [5, 5.41) is 17.6. The minimum Gasteiger partial charge on any atom is -0.399 e. The molecule has 2 N–H and O–H groups in total. The smallest absolute Gasteiger partial charge is 0.251 e. The van der Waals surface area contributed by atoms with Crippen molar-refractivity contribution in [1.82, 2.24) is 5.32 Å². The van der Waals surface area contributed by atoms with Gasteiger partial charge >= 0.3 is 0 Å². The Morgan fingerprint density at radius 1 is 1.28 bits per heavy atom. The maximum atomic E-state index is 12.4. The van der Waals surface area contributed by atoms with Crippen LogP contribution in [0.2, 0.25) is 0 Å². The molecule has 0 heterocycles. The molecule has 2 aromatic rings. The highest BCUT2D eigenvalue weighted by molar-refractivity contribution is 5.95. The van der Waals surface area contributed by atoms with Gasteiger partial charge in [-0.3, -0.25) is 4.79 Å². The highest BCUT2D eigenvalue weighted by atomic mass is 16.6. The van der Waals surface area contributed by atoms with Crippen LogP contribution in [-0.2, 0) is 16.9 Å². The predicted octanol–water partition coefficient (Wildman–Crippen LogP) is 2.62.